The number of hydrogen-bond donors (Lipinski definition) is 2. The fraction of sp³-hybridized carbons (Fsp3) is 0.281. The SMILES string of the molecule is CC.O=C(O)c1ccccc1-c1ccc(CN2CCCc3cc(ONCC4=CCCC=C4)ccc32)c(F)c1. The standard InChI is InChI=1S/C30H29FN2O3.C2H6/c31-28-18-22(26-10-4-5-11-27(26)30(34)35)12-13-24(28)20-33-16-6-9-23-17-25(14-15-29(23)33)36-32-19-21-7-2-1-3-8-21;1-2/h2,4-5,7-8,10-15,17-18,32H,1,3,6,9,16,19-20H2,(H,34,35);1-2H3. The van der Waals surface area contributed by atoms with E-state index >= 15 is 4.39 Å². The number of anilines is 1. The van der Waals surface area contributed by atoms with E-state index in [1.807, 2.05) is 26.0 Å². The average molecular weight is 515 g/mol. The first-order valence-electron chi connectivity index (χ1n) is 13.3. The fourth-order valence-electron chi connectivity index (χ4n) is 4.85. The Kier molecular flexibility index (Phi) is 9.33. The molecule has 3 aromatic carbocycles. The molecule has 0 aromatic heterocycles. The summed E-state index contributed by atoms with van der Waals surface area (Å²) in [7, 11) is 0. The predicted molar refractivity (Wildman–Crippen MR) is 151 cm³/mol. The van der Waals surface area contributed by atoms with Crippen LogP contribution >= 0.6 is 0 Å². The molecule has 0 unspecified atom stereocenters. The third-order valence-electron chi connectivity index (χ3n) is 6.69. The summed E-state index contributed by atoms with van der Waals surface area (Å²) in [6.45, 7) is 5.94. The van der Waals surface area contributed by atoms with Crippen LogP contribution in [0, 0.1) is 5.82 Å². The van der Waals surface area contributed by atoms with E-state index in [2.05, 4.69) is 34.7 Å². The van der Waals surface area contributed by atoms with Crippen molar-refractivity contribution in [3.05, 3.63) is 107 Å². The van der Waals surface area contributed by atoms with Gasteiger partial charge in [0, 0.05) is 24.3 Å². The van der Waals surface area contributed by atoms with E-state index in [0.29, 0.717) is 29.8 Å². The van der Waals surface area contributed by atoms with Crippen LogP contribution in [0.1, 0.15) is 54.6 Å². The van der Waals surface area contributed by atoms with Crippen molar-refractivity contribution in [1.29, 1.82) is 0 Å². The number of hydrogen-bond acceptors (Lipinski definition) is 4. The number of halogens is 1. The number of carboxylic acid groups (broad SMARTS) is 1. The zero-order valence-corrected chi connectivity index (χ0v) is 22.0. The molecule has 1 aliphatic heterocycles. The number of rotatable bonds is 8. The van der Waals surface area contributed by atoms with Crippen molar-refractivity contribution in [2.75, 3.05) is 18.0 Å². The number of nitrogens with zero attached hydrogens (tertiary/aromatic N) is 1. The van der Waals surface area contributed by atoms with Gasteiger partial charge in [-0.3, -0.25) is 0 Å². The van der Waals surface area contributed by atoms with Gasteiger partial charge in [0.05, 0.1) is 12.1 Å². The second-order valence-electron chi connectivity index (χ2n) is 9.15. The van der Waals surface area contributed by atoms with Crippen LogP contribution in [-0.4, -0.2) is 24.2 Å². The molecule has 5 rings (SSSR count). The Bertz CT molecular complexity index is 1330. The van der Waals surface area contributed by atoms with Crippen molar-refractivity contribution in [2.24, 2.45) is 0 Å². The van der Waals surface area contributed by atoms with Crippen molar-refractivity contribution in [3.8, 4) is 16.9 Å². The average Bonchev–Trinajstić information content (AvgIpc) is 2.96. The minimum Gasteiger partial charge on any atom is -0.478 e. The highest BCUT2D eigenvalue weighted by molar-refractivity contribution is 5.96. The summed E-state index contributed by atoms with van der Waals surface area (Å²) < 4.78 is 15.1. The van der Waals surface area contributed by atoms with Gasteiger partial charge in [0.2, 0.25) is 0 Å². The molecule has 2 aliphatic rings. The first kappa shape index (κ1) is 27.1. The quantitative estimate of drug-likeness (QED) is 0.308. The molecule has 3 aromatic rings. The molecule has 6 heteroatoms. The highest BCUT2D eigenvalue weighted by atomic mass is 19.1. The number of aromatic carboxylic acids is 1. The molecule has 38 heavy (non-hydrogen) atoms. The lowest BCUT2D eigenvalue weighted by Gasteiger charge is -2.32. The van der Waals surface area contributed by atoms with Crippen molar-refractivity contribution < 1.29 is 19.1 Å². The predicted octanol–water partition coefficient (Wildman–Crippen LogP) is 7.33. The van der Waals surface area contributed by atoms with Gasteiger partial charge in [0.1, 0.15) is 11.6 Å². The minimum atomic E-state index is -1.03. The second kappa shape index (κ2) is 13.1. The molecule has 5 nitrogen and oxygen atoms in total. The van der Waals surface area contributed by atoms with Crippen molar-refractivity contribution in [2.45, 2.75) is 46.1 Å². The van der Waals surface area contributed by atoms with Crippen LogP contribution in [0.3, 0.4) is 0 Å². The minimum absolute atomic E-state index is 0.161. The number of allylic oxidation sites excluding steroid dienone is 2. The van der Waals surface area contributed by atoms with Crippen LogP contribution < -0.4 is 15.2 Å². The van der Waals surface area contributed by atoms with Crippen molar-refractivity contribution in [1.82, 2.24) is 5.48 Å². The summed E-state index contributed by atoms with van der Waals surface area (Å²) in [6, 6.07) is 17.7. The number of hydroxylamine groups is 1. The second-order valence-corrected chi connectivity index (χ2v) is 9.15. The van der Waals surface area contributed by atoms with Crippen molar-refractivity contribution in [3.63, 3.8) is 0 Å². The summed E-state index contributed by atoms with van der Waals surface area (Å²) in [5.41, 5.74) is 8.36. The van der Waals surface area contributed by atoms with Gasteiger partial charge in [-0.1, -0.05) is 62.4 Å². The maximum absolute atomic E-state index is 15.1. The number of aryl methyl sites for hydroxylation is 1. The molecule has 0 atom stereocenters. The number of nitrogens with one attached hydrogen (secondary N) is 1. The van der Waals surface area contributed by atoms with E-state index in [9.17, 15) is 9.90 Å². The van der Waals surface area contributed by atoms with Gasteiger partial charge >= 0.3 is 5.97 Å². The third-order valence-corrected chi connectivity index (χ3v) is 6.69. The number of carbonyl (C=O) groups is 1. The Morgan fingerprint density at radius 2 is 1.92 bits per heavy atom. The van der Waals surface area contributed by atoms with E-state index in [0.717, 1.165) is 43.7 Å². The summed E-state index contributed by atoms with van der Waals surface area (Å²) in [5.74, 6) is -0.597. The van der Waals surface area contributed by atoms with Gasteiger partial charge in [-0.05, 0) is 78.3 Å². The first-order valence-corrected chi connectivity index (χ1v) is 13.3. The molecule has 0 saturated carbocycles. The van der Waals surface area contributed by atoms with E-state index in [-0.39, 0.29) is 11.4 Å². The zero-order chi connectivity index (χ0) is 26.9. The third kappa shape index (κ3) is 6.50. The molecular weight excluding hydrogens is 479 g/mol. The van der Waals surface area contributed by atoms with E-state index < -0.39 is 5.97 Å². The van der Waals surface area contributed by atoms with E-state index in [1.54, 1.807) is 30.3 Å². The number of carboxylic acids is 1. The highest BCUT2D eigenvalue weighted by Gasteiger charge is 2.20. The Hall–Kier alpha value is -3.90. The lowest BCUT2D eigenvalue weighted by molar-refractivity contribution is 0.0697. The van der Waals surface area contributed by atoms with Crippen LogP contribution in [0.5, 0.6) is 5.75 Å². The van der Waals surface area contributed by atoms with Crippen molar-refractivity contribution >= 4 is 11.7 Å². The smallest absolute Gasteiger partial charge is 0.336 e. The van der Waals surface area contributed by atoms with Gasteiger partial charge in [-0.15, -0.1) is 0 Å². The molecule has 0 radical (unpaired) electrons. The molecule has 1 aliphatic carbocycles. The Morgan fingerprint density at radius 3 is 2.68 bits per heavy atom. The van der Waals surface area contributed by atoms with E-state index in [4.69, 9.17) is 4.84 Å². The van der Waals surface area contributed by atoms with Crippen LogP contribution in [0.25, 0.3) is 11.1 Å². The zero-order valence-electron chi connectivity index (χ0n) is 22.0. The Morgan fingerprint density at radius 1 is 1.08 bits per heavy atom. The Balaban J connectivity index is 0.00000164. The largest absolute Gasteiger partial charge is 0.478 e. The van der Waals surface area contributed by atoms with Gasteiger partial charge in [0.15, 0.2) is 0 Å². The summed E-state index contributed by atoms with van der Waals surface area (Å²) in [5, 5.41) is 9.47. The van der Waals surface area contributed by atoms with Gasteiger partial charge < -0.3 is 14.8 Å². The van der Waals surface area contributed by atoms with E-state index in [1.165, 1.54) is 23.3 Å². The molecule has 0 spiro atoms. The first-order chi connectivity index (χ1) is 18.6. The fourth-order valence-corrected chi connectivity index (χ4v) is 4.85. The maximum Gasteiger partial charge on any atom is 0.336 e. The molecule has 0 fully saturated rings. The van der Waals surface area contributed by atoms with Crippen LogP contribution in [0.15, 0.2) is 84.5 Å². The molecule has 0 saturated heterocycles. The summed E-state index contributed by atoms with van der Waals surface area (Å²) in [6.07, 6.45) is 10.6. The molecular formula is C32H35FN2O3. The number of fused-ring (bicyclic) bond motifs is 1. The Labute approximate surface area is 224 Å². The molecule has 0 amide bonds. The van der Waals surface area contributed by atoms with Gasteiger partial charge in [-0.25, -0.2) is 9.18 Å². The highest BCUT2D eigenvalue weighted by Crippen LogP contribution is 2.33. The molecule has 1 heterocycles. The van der Waals surface area contributed by atoms with Crippen LogP contribution in [-0.2, 0) is 13.0 Å². The van der Waals surface area contributed by atoms with Crippen LogP contribution in [0.4, 0.5) is 10.1 Å². The summed E-state index contributed by atoms with van der Waals surface area (Å²) >= 11 is 0. The lowest BCUT2D eigenvalue weighted by atomic mass is 9.97. The maximum atomic E-state index is 15.1. The van der Waals surface area contributed by atoms with Crippen LogP contribution in [0.2, 0.25) is 0 Å². The molecule has 2 N–H and O–H groups in total. The van der Waals surface area contributed by atoms with Gasteiger partial charge in [-0.2, -0.15) is 5.48 Å². The molecule has 198 valence electrons. The molecule has 0 bridgehead atoms. The van der Waals surface area contributed by atoms with Gasteiger partial charge in [0.25, 0.3) is 0 Å². The number of benzene rings is 3. The lowest BCUT2D eigenvalue weighted by Crippen LogP contribution is -2.29. The summed E-state index contributed by atoms with van der Waals surface area (Å²) in [4.78, 5) is 19.5. The topological polar surface area (TPSA) is 61.8 Å². The monoisotopic (exact) mass is 514 g/mol. The normalized spacial score (nSPS) is 14.2.